The fraction of sp³-hybridized carbons (Fsp3) is 0.333. The molecule has 0 radical (unpaired) electrons. The first-order valence-electron chi connectivity index (χ1n) is 2.89. The van der Waals surface area contributed by atoms with E-state index in [1.807, 2.05) is 6.92 Å². The van der Waals surface area contributed by atoms with Crippen LogP contribution in [-0.2, 0) is 11.2 Å². The van der Waals surface area contributed by atoms with Gasteiger partial charge in [-0.05, 0) is 6.92 Å². The molecule has 1 heterocycles. The second kappa shape index (κ2) is 2.79. The summed E-state index contributed by atoms with van der Waals surface area (Å²) in [7, 11) is 0. The van der Waals surface area contributed by atoms with E-state index >= 15 is 0 Å². The van der Waals surface area contributed by atoms with Crippen LogP contribution < -0.4 is 5.73 Å². The Hall–Kier alpha value is -0.900. The highest BCUT2D eigenvalue weighted by Crippen LogP contribution is 2.18. The van der Waals surface area contributed by atoms with Gasteiger partial charge in [0, 0.05) is 11.3 Å². The molecule has 2 N–H and O–H groups in total. The molecule has 0 aromatic carbocycles. The summed E-state index contributed by atoms with van der Waals surface area (Å²) in [5, 5.41) is 0.536. The standard InChI is InChI=1S/C6H8N2OS/c1-4-5(2-3-9)8-6(7)10-4/h3H,2H2,1H3,(H2,7,8). The summed E-state index contributed by atoms with van der Waals surface area (Å²) in [4.78, 5) is 15.1. The average molecular weight is 156 g/mol. The number of hydrogen-bond donors (Lipinski definition) is 1. The number of aldehydes is 1. The van der Waals surface area contributed by atoms with Crippen LogP contribution in [0.25, 0.3) is 0 Å². The average Bonchev–Trinajstić information content (AvgIpc) is 2.13. The molecular formula is C6H8N2OS. The molecule has 0 fully saturated rings. The van der Waals surface area contributed by atoms with E-state index in [-0.39, 0.29) is 0 Å². The van der Waals surface area contributed by atoms with Gasteiger partial charge >= 0.3 is 0 Å². The Morgan fingerprint density at radius 2 is 2.50 bits per heavy atom. The Bertz CT molecular complexity index is 244. The first-order valence-corrected chi connectivity index (χ1v) is 3.71. The van der Waals surface area contributed by atoms with E-state index in [2.05, 4.69) is 4.98 Å². The van der Waals surface area contributed by atoms with E-state index in [9.17, 15) is 4.79 Å². The molecule has 0 saturated heterocycles. The lowest BCUT2D eigenvalue weighted by Crippen LogP contribution is -1.89. The van der Waals surface area contributed by atoms with E-state index in [4.69, 9.17) is 5.73 Å². The molecule has 1 aromatic rings. The summed E-state index contributed by atoms with van der Waals surface area (Å²) in [6, 6.07) is 0. The number of anilines is 1. The zero-order valence-electron chi connectivity index (χ0n) is 5.63. The predicted molar refractivity (Wildman–Crippen MR) is 41.0 cm³/mol. The van der Waals surface area contributed by atoms with Crippen molar-refractivity contribution in [3.63, 3.8) is 0 Å². The van der Waals surface area contributed by atoms with Crippen LogP contribution in [0.1, 0.15) is 10.6 Å². The second-order valence-electron chi connectivity index (χ2n) is 1.93. The Morgan fingerprint density at radius 3 is 2.90 bits per heavy atom. The summed E-state index contributed by atoms with van der Waals surface area (Å²) >= 11 is 1.42. The van der Waals surface area contributed by atoms with Crippen molar-refractivity contribution in [3.05, 3.63) is 10.6 Å². The molecule has 0 bridgehead atoms. The fourth-order valence-corrected chi connectivity index (χ4v) is 1.43. The third-order valence-corrected chi connectivity index (χ3v) is 2.03. The molecular weight excluding hydrogens is 148 g/mol. The Morgan fingerprint density at radius 1 is 1.80 bits per heavy atom. The van der Waals surface area contributed by atoms with Gasteiger partial charge in [-0.25, -0.2) is 4.98 Å². The molecule has 54 valence electrons. The molecule has 3 nitrogen and oxygen atoms in total. The van der Waals surface area contributed by atoms with Crippen molar-refractivity contribution < 1.29 is 4.79 Å². The molecule has 10 heavy (non-hydrogen) atoms. The molecule has 0 aliphatic heterocycles. The van der Waals surface area contributed by atoms with Gasteiger partial charge in [0.2, 0.25) is 0 Å². The molecule has 0 amide bonds. The number of thiazole rings is 1. The van der Waals surface area contributed by atoms with E-state index < -0.39 is 0 Å². The van der Waals surface area contributed by atoms with Crippen molar-refractivity contribution in [2.24, 2.45) is 0 Å². The molecule has 0 atom stereocenters. The van der Waals surface area contributed by atoms with Gasteiger partial charge in [-0.3, -0.25) is 0 Å². The van der Waals surface area contributed by atoms with Crippen molar-refractivity contribution in [2.45, 2.75) is 13.3 Å². The van der Waals surface area contributed by atoms with Crippen LogP contribution in [0.3, 0.4) is 0 Å². The number of aryl methyl sites for hydroxylation is 1. The smallest absolute Gasteiger partial charge is 0.180 e. The summed E-state index contributed by atoms with van der Waals surface area (Å²) in [5.74, 6) is 0. The monoisotopic (exact) mass is 156 g/mol. The largest absolute Gasteiger partial charge is 0.375 e. The van der Waals surface area contributed by atoms with Crippen LogP contribution in [0.4, 0.5) is 5.13 Å². The van der Waals surface area contributed by atoms with Crippen molar-refractivity contribution in [1.82, 2.24) is 4.98 Å². The van der Waals surface area contributed by atoms with E-state index in [1.54, 1.807) is 0 Å². The number of rotatable bonds is 2. The predicted octanol–water partition coefficient (Wildman–Crippen LogP) is 0.775. The highest BCUT2D eigenvalue weighted by molar-refractivity contribution is 7.15. The molecule has 0 aliphatic rings. The third kappa shape index (κ3) is 1.33. The van der Waals surface area contributed by atoms with Gasteiger partial charge in [0.05, 0.1) is 5.69 Å². The lowest BCUT2D eigenvalue weighted by atomic mass is 10.3. The van der Waals surface area contributed by atoms with Crippen LogP contribution in [0.2, 0.25) is 0 Å². The fourth-order valence-electron chi connectivity index (χ4n) is 0.719. The SMILES string of the molecule is Cc1sc(N)nc1CC=O. The summed E-state index contributed by atoms with van der Waals surface area (Å²) in [6.45, 7) is 1.91. The summed E-state index contributed by atoms with van der Waals surface area (Å²) in [6.07, 6.45) is 1.21. The highest BCUT2D eigenvalue weighted by atomic mass is 32.1. The molecule has 4 heteroatoms. The minimum Gasteiger partial charge on any atom is -0.375 e. The zero-order chi connectivity index (χ0) is 7.56. The van der Waals surface area contributed by atoms with Gasteiger partial charge in [-0.15, -0.1) is 11.3 Å². The molecule has 0 saturated carbocycles. The number of carbonyl (C=O) groups excluding carboxylic acids is 1. The Kier molecular flexibility index (Phi) is 2.01. The maximum absolute atomic E-state index is 10.1. The van der Waals surface area contributed by atoms with Crippen LogP contribution >= 0.6 is 11.3 Å². The van der Waals surface area contributed by atoms with Gasteiger partial charge in [0.25, 0.3) is 0 Å². The number of nitrogen functional groups attached to an aromatic ring is 1. The molecule has 1 rings (SSSR count). The topological polar surface area (TPSA) is 56.0 Å². The van der Waals surface area contributed by atoms with Crippen LogP contribution in [0.5, 0.6) is 0 Å². The zero-order valence-corrected chi connectivity index (χ0v) is 6.44. The number of nitrogens with two attached hydrogens (primary N) is 1. The first-order chi connectivity index (χ1) is 4.74. The number of hydrogen-bond acceptors (Lipinski definition) is 4. The number of nitrogens with zero attached hydrogens (tertiary/aromatic N) is 1. The Balaban J connectivity index is 2.91. The molecule has 0 aliphatic carbocycles. The molecule has 0 spiro atoms. The van der Waals surface area contributed by atoms with Crippen molar-refractivity contribution in [3.8, 4) is 0 Å². The first kappa shape index (κ1) is 7.21. The van der Waals surface area contributed by atoms with E-state index in [1.165, 1.54) is 11.3 Å². The van der Waals surface area contributed by atoms with E-state index in [0.29, 0.717) is 11.6 Å². The quantitative estimate of drug-likeness (QED) is 0.643. The Labute approximate surface area is 62.9 Å². The normalized spacial score (nSPS) is 9.70. The van der Waals surface area contributed by atoms with Crippen LogP contribution in [-0.4, -0.2) is 11.3 Å². The van der Waals surface area contributed by atoms with Crippen molar-refractivity contribution >= 4 is 22.8 Å². The van der Waals surface area contributed by atoms with Gasteiger partial charge in [0.15, 0.2) is 5.13 Å². The maximum Gasteiger partial charge on any atom is 0.180 e. The van der Waals surface area contributed by atoms with Gasteiger partial charge < -0.3 is 10.5 Å². The molecule has 0 unspecified atom stereocenters. The summed E-state index contributed by atoms with van der Waals surface area (Å²) in [5.41, 5.74) is 6.20. The van der Waals surface area contributed by atoms with Crippen LogP contribution in [0, 0.1) is 6.92 Å². The second-order valence-corrected chi connectivity index (χ2v) is 3.16. The lowest BCUT2D eigenvalue weighted by Gasteiger charge is -1.85. The number of carbonyl (C=O) groups is 1. The minimum atomic E-state index is 0.375. The van der Waals surface area contributed by atoms with Gasteiger partial charge in [-0.2, -0.15) is 0 Å². The summed E-state index contributed by atoms with van der Waals surface area (Å²) < 4.78 is 0. The van der Waals surface area contributed by atoms with Crippen LogP contribution in [0.15, 0.2) is 0 Å². The maximum atomic E-state index is 10.1. The highest BCUT2D eigenvalue weighted by Gasteiger charge is 2.02. The van der Waals surface area contributed by atoms with Crippen molar-refractivity contribution in [1.29, 1.82) is 0 Å². The van der Waals surface area contributed by atoms with Gasteiger partial charge in [-0.1, -0.05) is 0 Å². The third-order valence-electron chi connectivity index (χ3n) is 1.19. The number of aromatic nitrogens is 1. The minimum absolute atomic E-state index is 0.375. The molecule has 1 aromatic heterocycles. The lowest BCUT2D eigenvalue weighted by molar-refractivity contribution is -0.107. The van der Waals surface area contributed by atoms with E-state index in [0.717, 1.165) is 16.9 Å². The van der Waals surface area contributed by atoms with Gasteiger partial charge in [0.1, 0.15) is 6.29 Å². The van der Waals surface area contributed by atoms with Crippen molar-refractivity contribution in [2.75, 3.05) is 5.73 Å².